The van der Waals surface area contributed by atoms with Crippen molar-refractivity contribution in [2.24, 2.45) is 11.3 Å². The van der Waals surface area contributed by atoms with Crippen LogP contribution in [0.2, 0.25) is 0 Å². The number of rotatable bonds is 4. The second kappa shape index (κ2) is 6.95. The molecule has 1 saturated carbocycles. The molecule has 0 amide bonds. The van der Waals surface area contributed by atoms with Crippen LogP contribution in [-0.4, -0.2) is 47.5 Å². The van der Waals surface area contributed by atoms with Gasteiger partial charge in [0.05, 0.1) is 24.1 Å². The summed E-state index contributed by atoms with van der Waals surface area (Å²) in [5.74, 6) is 0.702. The standard InChI is InChI=1S/C21H24F3N3O2/c1-12-6-16(19(28)20-8-13(9-20)10-27(2)11-20)25-26-18(12)15-5-4-14(21(22,23)24)7-17(15)29-3/h4-7,13,19,28H,8-11H2,1-3H3. The highest BCUT2D eigenvalue weighted by molar-refractivity contribution is 5.70. The molecule has 1 aromatic heterocycles. The van der Waals surface area contributed by atoms with Crippen molar-refractivity contribution < 1.29 is 23.0 Å². The Balaban J connectivity index is 1.64. The first-order chi connectivity index (χ1) is 13.6. The molecule has 8 heteroatoms. The van der Waals surface area contributed by atoms with Crippen LogP contribution in [0, 0.1) is 18.3 Å². The van der Waals surface area contributed by atoms with E-state index in [1.54, 1.807) is 6.07 Å². The Kier molecular flexibility index (Phi) is 4.82. The number of nitrogens with zero attached hydrogens (tertiary/aromatic N) is 3. The van der Waals surface area contributed by atoms with Crippen LogP contribution < -0.4 is 4.74 Å². The molecule has 1 atom stereocenters. The Hall–Kier alpha value is -2.19. The van der Waals surface area contributed by atoms with Gasteiger partial charge >= 0.3 is 6.18 Å². The molecule has 156 valence electrons. The summed E-state index contributed by atoms with van der Waals surface area (Å²) in [5, 5.41) is 19.5. The van der Waals surface area contributed by atoms with E-state index in [9.17, 15) is 18.3 Å². The molecule has 1 aliphatic carbocycles. The zero-order valence-corrected chi connectivity index (χ0v) is 16.6. The maximum atomic E-state index is 13.0. The van der Waals surface area contributed by atoms with Crippen LogP contribution in [-0.2, 0) is 6.18 Å². The average molecular weight is 407 g/mol. The van der Waals surface area contributed by atoms with E-state index in [2.05, 4.69) is 22.1 Å². The van der Waals surface area contributed by atoms with Crippen LogP contribution in [0.4, 0.5) is 13.2 Å². The number of alkyl halides is 3. The summed E-state index contributed by atoms with van der Waals surface area (Å²) in [7, 11) is 3.38. The maximum absolute atomic E-state index is 13.0. The number of fused-ring (bicyclic) bond motifs is 2. The quantitative estimate of drug-likeness (QED) is 0.834. The van der Waals surface area contributed by atoms with Crippen molar-refractivity contribution in [2.45, 2.75) is 32.0 Å². The Bertz CT molecular complexity index is 926. The van der Waals surface area contributed by atoms with E-state index in [1.807, 2.05) is 6.92 Å². The normalized spacial score (nSPS) is 25.4. The van der Waals surface area contributed by atoms with Gasteiger partial charge in [-0.15, -0.1) is 5.10 Å². The molecule has 0 radical (unpaired) electrons. The van der Waals surface area contributed by atoms with Crippen molar-refractivity contribution >= 4 is 0 Å². The van der Waals surface area contributed by atoms with Gasteiger partial charge in [0.25, 0.3) is 0 Å². The molecule has 2 aromatic rings. The van der Waals surface area contributed by atoms with Gasteiger partial charge in [-0.3, -0.25) is 0 Å². The van der Waals surface area contributed by atoms with Crippen LogP contribution >= 0.6 is 0 Å². The van der Waals surface area contributed by atoms with E-state index in [4.69, 9.17) is 4.74 Å². The molecule has 5 nitrogen and oxygen atoms in total. The largest absolute Gasteiger partial charge is 0.496 e. The number of halogens is 3. The molecule has 5 rings (SSSR count). The minimum atomic E-state index is -4.45. The number of aromatic nitrogens is 2. The molecule has 1 unspecified atom stereocenters. The molecular formula is C21H24F3N3O2. The van der Waals surface area contributed by atoms with Gasteiger partial charge < -0.3 is 14.7 Å². The Morgan fingerprint density at radius 1 is 1.24 bits per heavy atom. The number of ether oxygens (including phenoxy) is 1. The van der Waals surface area contributed by atoms with E-state index >= 15 is 0 Å². The fourth-order valence-electron chi connectivity index (χ4n) is 4.98. The fourth-order valence-corrected chi connectivity index (χ4v) is 4.98. The summed E-state index contributed by atoms with van der Waals surface area (Å²) in [6.45, 7) is 3.69. The topological polar surface area (TPSA) is 58.5 Å². The lowest BCUT2D eigenvalue weighted by Crippen LogP contribution is -2.57. The van der Waals surface area contributed by atoms with Gasteiger partial charge in [-0.25, -0.2) is 0 Å². The molecule has 2 bridgehead atoms. The van der Waals surface area contributed by atoms with Crippen LogP contribution in [0.5, 0.6) is 5.75 Å². The van der Waals surface area contributed by atoms with Crippen LogP contribution in [0.15, 0.2) is 24.3 Å². The first-order valence-electron chi connectivity index (χ1n) is 9.59. The molecule has 2 saturated heterocycles. The van der Waals surface area contributed by atoms with Gasteiger partial charge in [-0.2, -0.15) is 18.3 Å². The molecule has 0 spiro atoms. The first-order valence-corrected chi connectivity index (χ1v) is 9.59. The number of aliphatic hydroxyl groups excluding tert-OH is 1. The Morgan fingerprint density at radius 3 is 2.55 bits per heavy atom. The number of piperidine rings is 2. The number of benzene rings is 1. The van der Waals surface area contributed by atoms with Crippen LogP contribution in [0.1, 0.15) is 35.8 Å². The third-order valence-corrected chi connectivity index (χ3v) is 6.19. The molecule has 1 N–H and O–H groups in total. The molecule has 3 aliphatic rings. The molecule has 1 aromatic carbocycles. The summed E-state index contributed by atoms with van der Waals surface area (Å²) in [6, 6.07) is 5.10. The highest BCUT2D eigenvalue weighted by atomic mass is 19.4. The molecule has 3 heterocycles. The Labute approximate surface area is 167 Å². The molecule has 3 fully saturated rings. The van der Waals surface area contributed by atoms with Crippen molar-refractivity contribution in [1.82, 2.24) is 15.1 Å². The average Bonchev–Trinajstić information content (AvgIpc) is 2.65. The highest BCUT2D eigenvalue weighted by Gasteiger charge is 2.54. The Morgan fingerprint density at radius 2 is 1.97 bits per heavy atom. The summed E-state index contributed by atoms with van der Waals surface area (Å²) in [5.41, 5.74) is 1.14. The molecular weight excluding hydrogens is 383 g/mol. The van der Waals surface area contributed by atoms with E-state index in [0.29, 0.717) is 22.9 Å². The molecule has 2 aliphatic heterocycles. The van der Waals surface area contributed by atoms with Gasteiger partial charge in [-0.05, 0) is 62.6 Å². The minimum Gasteiger partial charge on any atom is -0.496 e. The van der Waals surface area contributed by atoms with Crippen molar-refractivity contribution in [3.63, 3.8) is 0 Å². The lowest BCUT2D eigenvalue weighted by Gasteiger charge is -2.57. The number of hydrogen-bond donors (Lipinski definition) is 1. The lowest BCUT2D eigenvalue weighted by atomic mass is 9.55. The smallest absolute Gasteiger partial charge is 0.416 e. The van der Waals surface area contributed by atoms with Gasteiger partial charge in [0, 0.05) is 24.1 Å². The number of methoxy groups -OCH3 is 1. The van der Waals surface area contributed by atoms with Gasteiger partial charge in [0.1, 0.15) is 11.9 Å². The second-order valence-corrected chi connectivity index (χ2v) is 8.45. The predicted molar refractivity (Wildman–Crippen MR) is 101 cm³/mol. The van der Waals surface area contributed by atoms with Crippen molar-refractivity contribution in [3.8, 4) is 17.0 Å². The third-order valence-electron chi connectivity index (χ3n) is 6.19. The summed E-state index contributed by atoms with van der Waals surface area (Å²) in [4.78, 5) is 2.24. The predicted octanol–water partition coefficient (Wildman–Crippen LogP) is 3.85. The minimum absolute atomic E-state index is 0.0832. The van der Waals surface area contributed by atoms with Crippen molar-refractivity contribution in [1.29, 1.82) is 0 Å². The summed E-state index contributed by atoms with van der Waals surface area (Å²) >= 11 is 0. The maximum Gasteiger partial charge on any atom is 0.416 e. The van der Waals surface area contributed by atoms with Crippen LogP contribution in [0.25, 0.3) is 11.3 Å². The number of aliphatic hydroxyl groups is 1. The number of hydrogen-bond acceptors (Lipinski definition) is 5. The number of aryl methyl sites for hydroxylation is 1. The van der Waals surface area contributed by atoms with Gasteiger partial charge in [0.2, 0.25) is 0 Å². The van der Waals surface area contributed by atoms with E-state index in [-0.39, 0.29) is 11.2 Å². The SMILES string of the molecule is COc1cc(C(F)(F)F)ccc1-c1nnc(C(O)C23CC(CN(C)C2)C3)cc1C. The van der Waals surface area contributed by atoms with E-state index < -0.39 is 17.8 Å². The van der Waals surface area contributed by atoms with Crippen LogP contribution in [0.3, 0.4) is 0 Å². The third kappa shape index (κ3) is 3.48. The zero-order valence-electron chi connectivity index (χ0n) is 16.6. The summed E-state index contributed by atoms with van der Waals surface area (Å²) in [6.07, 6.45) is -3.20. The van der Waals surface area contributed by atoms with E-state index in [1.165, 1.54) is 13.2 Å². The zero-order chi connectivity index (χ0) is 21.0. The van der Waals surface area contributed by atoms with Gasteiger partial charge in [-0.1, -0.05) is 0 Å². The molecule has 29 heavy (non-hydrogen) atoms. The fraction of sp³-hybridized carbons (Fsp3) is 0.524. The van der Waals surface area contributed by atoms with Crippen molar-refractivity contribution in [3.05, 3.63) is 41.1 Å². The second-order valence-electron chi connectivity index (χ2n) is 8.45. The van der Waals surface area contributed by atoms with Gasteiger partial charge in [0.15, 0.2) is 0 Å². The summed E-state index contributed by atoms with van der Waals surface area (Å²) < 4.78 is 44.1. The monoisotopic (exact) mass is 407 g/mol. The first kappa shape index (κ1) is 20.1. The lowest BCUT2D eigenvalue weighted by molar-refractivity contribution is -0.137. The highest BCUT2D eigenvalue weighted by Crippen LogP contribution is 2.56. The van der Waals surface area contributed by atoms with E-state index in [0.717, 1.165) is 43.6 Å². The van der Waals surface area contributed by atoms with Crippen molar-refractivity contribution in [2.75, 3.05) is 27.2 Å².